The summed E-state index contributed by atoms with van der Waals surface area (Å²) in [7, 11) is 0. The zero-order valence-electron chi connectivity index (χ0n) is 18.2. The number of aliphatic carboxylic acids is 1. The van der Waals surface area contributed by atoms with Crippen LogP contribution in [0.1, 0.15) is 33.3 Å². The average molecular weight is 437 g/mol. The number of nitrogens with one attached hydrogen (secondary N) is 3. The second-order valence-corrected chi connectivity index (χ2v) is 8.05. The molecular formula is C21H32N4O6. The molecule has 1 aromatic carbocycles. The van der Waals surface area contributed by atoms with Gasteiger partial charge in [-0.2, -0.15) is 0 Å². The SMILES string of the molecule is CC(C)C(NC(=O)CNC(=O)C(NC(=O)C(N)Cc1ccc(O)cc1)C(C)C)C(=O)O. The molecule has 31 heavy (non-hydrogen) atoms. The lowest BCUT2D eigenvalue weighted by Crippen LogP contribution is -2.55. The molecular weight excluding hydrogens is 404 g/mol. The lowest BCUT2D eigenvalue weighted by molar-refractivity contribution is -0.143. The number of benzene rings is 1. The van der Waals surface area contributed by atoms with Crippen LogP contribution in [0.3, 0.4) is 0 Å². The molecule has 0 aliphatic carbocycles. The molecule has 172 valence electrons. The smallest absolute Gasteiger partial charge is 0.326 e. The molecule has 10 nitrogen and oxygen atoms in total. The topological polar surface area (TPSA) is 171 Å². The predicted octanol–water partition coefficient (Wildman–Crippen LogP) is -0.256. The predicted molar refractivity (Wildman–Crippen MR) is 114 cm³/mol. The van der Waals surface area contributed by atoms with E-state index in [4.69, 9.17) is 10.8 Å². The van der Waals surface area contributed by atoms with E-state index in [0.29, 0.717) is 0 Å². The molecule has 3 amide bonds. The van der Waals surface area contributed by atoms with Crippen molar-refractivity contribution in [1.29, 1.82) is 0 Å². The molecule has 0 heterocycles. The Morgan fingerprint density at radius 3 is 1.94 bits per heavy atom. The van der Waals surface area contributed by atoms with E-state index in [1.54, 1.807) is 39.8 Å². The molecule has 0 aliphatic rings. The zero-order valence-corrected chi connectivity index (χ0v) is 18.2. The Morgan fingerprint density at radius 1 is 0.903 bits per heavy atom. The summed E-state index contributed by atoms with van der Waals surface area (Å²) < 4.78 is 0. The molecule has 7 N–H and O–H groups in total. The highest BCUT2D eigenvalue weighted by atomic mass is 16.4. The second kappa shape index (κ2) is 11.9. The van der Waals surface area contributed by atoms with Gasteiger partial charge in [-0.15, -0.1) is 0 Å². The van der Waals surface area contributed by atoms with Crippen LogP contribution in [0.15, 0.2) is 24.3 Å². The molecule has 3 atom stereocenters. The molecule has 0 saturated carbocycles. The van der Waals surface area contributed by atoms with E-state index in [9.17, 15) is 24.3 Å². The summed E-state index contributed by atoms with van der Waals surface area (Å²) in [6.45, 7) is 6.35. The molecule has 1 aromatic rings. The third-order valence-corrected chi connectivity index (χ3v) is 4.65. The van der Waals surface area contributed by atoms with Gasteiger partial charge in [-0.3, -0.25) is 14.4 Å². The third kappa shape index (κ3) is 8.63. The first-order valence-electron chi connectivity index (χ1n) is 10.1. The molecule has 0 spiro atoms. The molecule has 0 aliphatic heterocycles. The van der Waals surface area contributed by atoms with Crippen molar-refractivity contribution >= 4 is 23.7 Å². The van der Waals surface area contributed by atoms with Gasteiger partial charge in [0, 0.05) is 0 Å². The van der Waals surface area contributed by atoms with Gasteiger partial charge in [0.15, 0.2) is 0 Å². The summed E-state index contributed by atoms with van der Waals surface area (Å²) >= 11 is 0. The summed E-state index contributed by atoms with van der Waals surface area (Å²) in [5.41, 5.74) is 6.69. The zero-order chi connectivity index (χ0) is 23.7. The van der Waals surface area contributed by atoms with E-state index < -0.39 is 48.4 Å². The van der Waals surface area contributed by atoms with Crippen LogP contribution in [0.25, 0.3) is 0 Å². The number of aromatic hydroxyl groups is 1. The van der Waals surface area contributed by atoms with Gasteiger partial charge in [0.25, 0.3) is 0 Å². The minimum absolute atomic E-state index is 0.102. The monoisotopic (exact) mass is 436 g/mol. The van der Waals surface area contributed by atoms with E-state index >= 15 is 0 Å². The highest BCUT2D eigenvalue weighted by molar-refractivity contribution is 5.92. The maximum absolute atomic E-state index is 12.5. The van der Waals surface area contributed by atoms with E-state index in [1.165, 1.54) is 12.1 Å². The number of hydrogen-bond donors (Lipinski definition) is 6. The fourth-order valence-corrected chi connectivity index (χ4v) is 2.79. The fraction of sp³-hybridized carbons (Fsp3) is 0.524. The van der Waals surface area contributed by atoms with Crippen LogP contribution in [0.4, 0.5) is 0 Å². The van der Waals surface area contributed by atoms with Crippen molar-refractivity contribution in [2.75, 3.05) is 6.54 Å². The van der Waals surface area contributed by atoms with Gasteiger partial charge in [-0.25, -0.2) is 4.79 Å². The van der Waals surface area contributed by atoms with Crippen molar-refractivity contribution < 1.29 is 29.4 Å². The fourth-order valence-electron chi connectivity index (χ4n) is 2.79. The molecule has 0 saturated heterocycles. The molecule has 0 radical (unpaired) electrons. The minimum Gasteiger partial charge on any atom is -0.508 e. The normalized spacial score (nSPS) is 13.9. The highest BCUT2D eigenvalue weighted by Crippen LogP contribution is 2.11. The van der Waals surface area contributed by atoms with Gasteiger partial charge in [-0.1, -0.05) is 39.8 Å². The van der Waals surface area contributed by atoms with Gasteiger partial charge in [0.1, 0.15) is 17.8 Å². The number of carbonyl (C=O) groups excluding carboxylic acids is 3. The maximum atomic E-state index is 12.5. The van der Waals surface area contributed by atoms with Crippen LogP contribution in [0.2, 0.25) is 0 Å². The van der Waals surface area contributed by atoms with Crippen LogP contribution in [-0.2, 0) is 25.6 Å². The van der Waals surface area contributed by atoms with Crippen LogP contribution in [0, 0.1) is 11.8 Å². The first-order chi connectivity index (χ1) is 14.4. The number of phenolic OH excluding ortho intramolecular Hbond substituents is 1. The lowest BCUT2D eigenvalue weighted by atomic mass is 10.0. The molecule has 3 unspecified atom stereocenters. The number of nitrogens with two attached hydrogens (primary N) is 1. The van der Waals surface area contributed by atoms with Crippen molar-refractivity contribution in [3.05, 3.63) is 29.8 Å². The Morgan fingerprint density at radius 2 is 1.45 bits per heavy atom. The summed E-state index contributed by atoms with van der Waals surface area (Å²) in [5.74, 6) is -3.42. The maximum Gasteiger partial charge on any atom is 0.326 e. The van der Waals surface area contributed by atoms with E-state index in [0.717, 1.165) is 5.56 Å². The van der Waals surface area contributed by atoms with Gasteiger partial charge in [0.2, 0.25) is 17.7 Å². The summed E-state index contributed by atoms with van der Waals surface area (Å²) in [6.07, 6.45) is 0.215. The average Bonchev–Trinajstić information content (AvgIpc) is 2.69. The number of phenols is 1. The number of rotatable bonds is 11. The van der Waals surface area contributed by atoms with Crippen LogP contribution in [0.5, 0.6) is 5.75 Å². The largest absolute Gasteiger partial charge is 0.508 e. The van der Waals surface area contributed by atoms with E-state index in [-0.39, 0.29) is 24.0 Å². The number of carboxylic acids is 1. The number of carboxylic acid groups (broad SMARTS) is 1. The summed E-state index contributed by atoms with van der Waals surface area (Å²) in [5, 5.41) is 25.8. The van der Waals surface area contributed by atoms with E-state index in [2.05, 4.69) is 16.0 Å². The Hall–Kier alpha value is -3.14. The van der Waals surface area contributed by atoms with Crippen LogP contribution in [-0.4, -0.2) is 58.6 Å². The standard InChI is InChI=1S/C21H32N4O6/c1-11(2)17(20(29)23-10-16(27)24-18(12(3)4)21(30)31)25-19(28)15(22)9-13-5-7-14(26)8-6-13/h5-8,11-12,15,17-18,26H,9-10,22H2,1-4H3,(H,23,29)(H,24,27)(H,25,28)(H,30,31). The van der Waals surface area contributed by atoms with Crippen molar-refractivity contribution in [1.82, 2.24) is 16.0 Å². The quantitative estimate of drug-likeness (QED) is 0.277. The van der Waals surface area contributed by atoms with Crippen LogP contribution >= 0.6 is 0 Å². The van der Waals surface area contributed by atoms with Crippen LogP contribution < -0.4 is 21.7 Å². The van der Waals surface area contributed by atoms with Crippen molar-refractivity contribution in [2.45, 2.75) is 52.2 Å². The van der Waals surface area contributed by atoms with Gasteiger partial charge >= 0.3 is 5.97 Å². The van der Waals surface area contributed by atoms with Crippen molar-refractivity contribution in [3.8, 4) is 5.75 Å². The third-order valence-electron chi connectivity index (χ3n) is 4.65. The molecule has 0 bridgehead atoms. The first kappa shape index (κ1) is 25.9. The summed E-state index contributed by atoms with van der Waals surface area (Å²) in [4.78, 5) is 48.1. The molecule has 0 aromatic heterocycles. The molecule has 0 fully saturated rings. The second-order valence-electron chi connectivity index (χ2n) is 8.05. The highest BCUT2D eigenvalue weighted by Gasteiger charge is 2.28. The number of amides is 3. The minimum atomic E-state index is -1.16. The Balaban J connectivity index is 2.64. The Kier molecular flexibility index (Phi) is 9.94. The van der Waals surface area contributed by atoms with Gasteiger partial charge < -0.3 is 31.9 Å². The van der Waals surface area contributed by atoms with Gasteiger partial charge in [0.05, 0.1) is 12.6 Å². The van der Waals surface area contributed by atoms with Gasteiger partial charge in [-0.05, 0) is 36.0 Å². The first-order valence-corrected chi connectivity index (χ1v) is 10.1. The summed E-state index contributed by atoms with van der Waals surface area (Å²) in [6, 6.07) is 3.37. The Labute approximate surface area is 181 Å². The lowest BCUT2D eigenvalue weighted by Gasteiger charge is -2.24. The van der Waals surface area contributed by atoms with E-state index in [1.807, 2.05) is 0 Å². The molecule has 1 rings (SSSR count). The Bertz CT molecular complexity index is 779. The number of hydrogen-bond acceptors (Lipinski definition) is 6. The molecule has 10 heteroatoms. The van der Waals surface area contributed by atoms with Crippen molar-refractivity contribution in [3.63, 3.8) is 0 Å². The number of carbonyl (C=O) groups is 4. The van der Waals surface area contributed by atoms with Crippen molar-refractivity contribution in [2.24, 2.45) is 17.6 Å².